The molecule has 0 unspecified atom stereocenters. The molecule has 1 aliphatic rings. The van der Waals surface area contributed by atoms with Gasteiger partial charge in [-0.3, -0.25) is 4.90 Å². The zero-order valence-electron chi connectivity index (χ0n) is 12.2. The first-order valence-corrected chi connectivity index (χ1v) is 7.19. The summed E-state index contributed by atoms with van der Waals surface area (Å²) < 4.78 is 10.4. The number of esters is 1. The topological polar surface area (TPSA) is 62.9 Å². The number of carbonyl (C=O) groups excluding carboxylic acids is 1. The van der Waals surface area contributed by atoms with E-state index < -0.39 is 11.6 Å². The number of furan rings is 1. The summed E-state index contributed by atoms with van der Waals surface area (Å²) >= 11 is 0. The molecule has 20 heavy (non-hydrogen) atoms. The Labute approximate surface area is 119 Å². The normalized spacial score (nSPS) is 17.6. The van der Waals surface area contributed by atoms with Crippen LogP contribution in [-0.2, 0) is 11.3 Å². The van der Waals surface area contributed by atoms with Crippen LogP contribution in [0.5, 0.6) is 0 Å². The first kappa shape index (κ1) is 15.1. The Hall–Kier alpha value is -1.33. The van der Waals surface area contributed by atoms with Gasteiger partial charge < -0.3 is 14.3 Å². The van der Waals surface area contributed by atoms with Gasteiger partial charge in [-0.15, -0.1) is 0 Å². The number of nitrogens with zero attached hydrogens (tertiary/aromatic N) is 1. The average molecular weight is 281 g/mol. The predicted octanol–water partition coefficient (Wildman–Crippen LogP) is 2.19. The SMILES string of the molecule is CCOC(=O)c1ccc(CN(C)CC2(O)CCCC2)o1. The van der Waals surface area contributed by atoms with E-state index in [-0.39, 0.29) is 5.76 Å². The van der Waals surface area contributed by atoms with Crippen molar-refractivity contribution >= 4 is 5.97 Å². The fourth-order valence-electron chi connectivity index (χ4n) is 2.79. The lowest BCUT2D eigenvalue weighted by Crippen LogP contribution is -2.38. The number of rotatable bonds is 6. The highest BCUT2D eigenvalue weighted by Crippen LogP contribution is 2.30. The van der Waals surface area contributed by atoms with Crippen molar-refractivity contribution in [3.05, 3.63) is 23.7 Å². The molecule has 0 aromatic carbocycles. The maximum Gasteiger partial charge on any atom is 0.374 e. The molecule has 1 aliphatic carbocycles. The Bertz CT molecular complexity index is 448. The minimum absolute atomic E-state index is 0.231. The van der Waals surface area contributed by atoms with Crippen molar-refractivity contribution in [3.8, 4) is 0 Å². The molecular formula is C15H23NO4. The Morgan fingerprint density at radius 3 is 2.80 bits per heavy atom. The summed E-state index contributed by atoms with van der Waals surface area (Å²) in [5.74, 6) is 0.503. The second-order valence-corrected chi connectivity index (χ2v) is 5.59. The van der Waals surface area contributed by atoms with E-state index in [4.69, 9.17) is 9.15 Å². The van der Waals surface area contributed by atoms with Gasteiger partial charge in [0.25, 0.3) is 0 Å². The van der Waals surface area contributed by atoms with Crippen LogP contribution >= 0.6 is 0 Å². The third-order valence-corrected chi connectivity index (χ3v) is 3.66. The minimum atomic E-state index is -0.564. The predicted molar refractivity (Wildman–Crippen MR) is 74.4 cm³/mol. The molecule has 0 bridgehead atoms. The highest BCUT2D eigenvalue weighted by atomic mass is 16.5. The van der Waals surface area contributed by atoms with Crippen molar-refractivity contribution in [3.63, 3.8) is 0 Å². The molecule has 0 spiro atoms. The second kappa shape index (κ2) is 6.41. The molecule has 5 heteroatoms. The van der Waals surface area contributed by atoms with Gasteiger partial charge in [-0.2, -0.15) is 0 Å². The van der Waals surface area contributed by atoms with Gasteiger partial charge in [-0.05, 0) is 38.9 Å². The number of aliphatic hydroxyl groups is 1. The molecule has 1 aromatic heterocycles. The standard InChI is InChI=1S/C15H23NO4/c1-3-19-14(17)13-7-6-12(20-13)10-16(2)11-15(18)8-4-5-9-15/h6-7,18H,3-5,8-11H2,1-2H3. The van der Waals surface area contributed by atoms with Gasteiger partial charge in [0.2, 0.25) is 5.76 Å². The van der Waals surface area contributed by atoms with Gasteiger partial charge >= 0.3 is 5.97 Å². The summed E-state index contributed by atoms with van der Waals surface area (Å²) in [6.45, 7) is 3.30. The van der Waals surface area contributed by atoms with Gasteiger partial charge in [-0.1, -0.05) is 12.8 Å². The Balaban J connectivity index is 1.88. The Morgan fingerprint density at radius 2 is 2.15 bits per heavy atom. The average Bonchev–Trinajstić information content (AvgIpc) is 2.99. The number of hydrogen-bond acceptors (Lipinski definition) is 5. The first-order chi connectivity index (χ1) is 9.52. The van der Waals surface area contributed by atoms with E-state index in [0.29, 0.717) is 25.5 Å². The molecule has 0 atom stereocenters. The fraction of sp³-hybridized carbons (Fsp3) is 0.667. The largest absolute Gasteiger partial charge is 0.460 e. The minimum Gasteiger partial charge on any atom is -0.460 e. The third kappa shape index (κ3) is 3.84. The highest BCUT2D eigenvalue weighted by Gasteiger charge is 2.32. The number of ether oxygens (including phenoxy) is 1. The van der Waals surface area contributed by atoms with Gasteiger partial charge in [0.1, 0.15) is 5.76 Å². The van der Waals surface area contributed by atoms with Gasteiger partial charge in [0.15, 0.2) is 0 Å². The van der Waals surface area contributed by atoms with Crippen molar-refractivity contribution in [1.82, 2.24) is 4.90 Å². The summed E-state index contributed by atoms with van der Waals surface area (Å²) in [7, 11) is 1.95. The molecule has 0 aliphatic heterocycles. The molecule has 0 radical (unpaired) electrons. The van der Waals surface area contributed by atoms with Crippen LogP contribution in [0.3, 0.4) is 0 Å². The van der Waals surface area contributed by atoms with E-state index in [2.05, 4.69) is 0 Å². The van der Waals surface area contributed by atoms with Crippen LogP contribution in [-0.4, -0.2) is 41.8 Å². The van der Waals surface area contributed by atoms with Crippen LogP contribution in [0.15, 0.2) is 16.5 Å². The summed E-state index contributed by atoms with van der Waals surface area (Å²) in [6, 6.07) is 3.41. The molecule has 0 amide bonds. The Kier molecular flexibility index (Phi) is 4.83. The maximum absolute atomic E-state index is 11.5. The fourth-order valence-corrected chi connectivity index (χ4v) is 2.79. The number of hydrogen-bond donors (Lipinski definition) is 1. The summed E-state index contributed by atoms with van der Waals surface area (Å²) in [5, 5.41) is 10.4. The highest BCUT2D eigenvalue weighted by molar-refractivity contribution is 5.86. The maximum atomic E-state index is 11.5. The molecule has 1 heterocycles. The van der Waals surface area contributed by atoms with Crippen LogP contribution in [0.1, 0.15) is 48.9 Å². The van der Waals surface area contributed by atoms with Crippen molar-refractivity contribution in [1.29, 1.82) is 0 Å². The second-order valence-electron chi connectivity index (χ2n) is 5.59. The zero-order chi connectivity index (χ0) is 14.6. The number of carbonyl (C=O) groups is 1. The van der Waals surface area contributed by atoms with Gasteiger partial charge in [0.05, 0.1) is 18.8 Å². The molecule has 2 rings (SSSR count). The summed E-state index contributed by atoms with van der Waals surface area (Å²) in [5.41, 5.74) is -0.564. The van der Waals surface area contributed by atoms with Gasteiger partial charge in [-0.25, -0.2) is 4.79 Å². The van der Waals surface area contributed by atoms with E-state index in [1.54, 1.807) is 19.1 Å². The number of likely N-dealkylation sites (N-methyl/N-ethyl adjacent to an activating group) is 1. The van der Waals surface area contributed by atoms with Crippen LogP contribution in [0.2, 0.25) is 0 Å². The van der Waals surface area contributed by atoms with Crippen molar-refractivity contribution in [2.75, 3.05) is 20.2 Å². The lowest BCUT2D eigenvalue weighted by molar-refractivity contribution is 0.0128. The van der Waals surface area contributed by atoms with Crippen molar-refractivity contribution < 1.29 is 19.1 Å². The smallest absolute Gasteiger partial charge is 0.374 e. The van der Waals surface area contributed by atoms with Crippen molar-refractivity contribution in [2.45, 2.75) is 44.8 Å². The molecule has 5 nitrogen and oxygen atoms in total. The van der Waals surface area contributed by atoms with E-state index >= 15 is 0 Å². The van der Waals surface area contributed by atoms with Crippen molar-refractivity contribution in [2.24, 2.45) is 0 Å². The molecule has 0 saturated heterocycles. The van der Waals surface area contributed by atoms with E-state index in [1.165, 1.54) is 0 Å². The van der Waals surface area contributed by atoms with E-state index in [0.717, 1.165) is 25.7 Å². The zero-order valence-corrected chi connectivity index (χ0v) is 12.2. The van der Waals surface area contributed by atoms with Gasteiger partial charge in [0, 0.05) is 6.54 Å². The molecule has 1 aromatic rings. The third-order valence-electron chi connectivity index (χ3n) is 3.66. The first-order valence-electron chi connectivity index (χ1n) is 7.19. The Morgan fingerprint density at radius 1 is 1.45 bits per heavy atom. The molecule has 1 fully saturated rings. The molecule has 112 valence electrons. The molecule has 1 saturated carbocycles. The lowest BCUT2D eigenvalue weighted by Gasteiger charge is -2.27. The monoisotopic (exact) mass is 281 g/mol. The molecule has 1 N–H and O–H groups in total. The lowest BCUT2D eigenvalue weighted by atomic mass is 10.0. The van der Waals surface area contributed by atoms with E-state index in [9.17, 15) is 9.90 Å². The van der Waals surface area contributed by atoms with Crippen LogP contribution in [0.4, 0.5) is 0 Å². The molecular weight excluding hydrogens is 258 g/mol. The quantitative estimate of drug-likeness (QED) is 0.810. The van der Waals surface area contributed by atoms with Crippen LogP contribution < -0.4 is 0 Å². The van der Waals surface area contributed by atoms with Crippen LogP contribution in [0, 0.1) is 0 Å². The summed E-state index contributed by atoms with van der Waals surface area (Å²) in [4.78, 5) is 13.5. The van der Waals surface area contributed by atoms with E-state index in [1.807, 2.05) is 11.9 Å². The van der Waals surface area contributed by atoms with Crippen LogP contribution in [0.25, 0.3) is 0 Å². The summed E-state index contributed by atoms with van der Waals surface area (Å²) in [6.07, 6.45) is 3.92.